The third-order valence-corrected chi connectivity index (χ3v) is 4.75. The highest BCUT2D eigenvalue weighted by atomic mass is 16.4. The van der Waals surface area contributed by atoms with Crippen molar-refractivity contribution >= 4 is 29.6 Å². The van der Waals surface area contributed by atoms with Gasteiger partial charge in [-0.15, -0.1) is 0 Å². The summed E-state index contributed by atoms with van der Waals surface area (Å²) in [6, 6.07) is 5.68. The number of carboxylic acids is 1. The minimum absolute atomic E-state index is 0.105. The fourth-order valence-electron chi connectivity index (χ4n) is 3.13. The Balaban J connectivity index is 1.54. The van der Waals surface area contributed by atoms with Crippen molar-refractivity contribution in [3.63, 3.8) is 0 Å². The zero-order chi connectivity index (χ0) is 19.6. The van der Waals surface area contributed by atoms with Crippen molar-refractivity contribution < 1.29 is 29.1 Å². The SMILES string of the molecule is O=C(O)c1ccc(C(=O)N2CCN(C(=O)CN3C(=O)CCC3=O)CC2)cc1. The van der Waals surface area contributed by atoms with E-state index < -0.39 is 5.97 Å². The molecule has 142 valence electrons. The average molecular weight is 373 g/mol. The van der Waals surface area contributed by atoms with Crippen LogP contribution in [0.4, 0.5) is 0 Å². The average Bonchev–Trinajstić information content (AvgIpc) is 2.99. The van der Waals surface area contributed by atoms with Crippen LogP contribution in [0.5, 0.6) is 0 Å². The number of imide groups is 1. The van der Waals surface area contributed by atoms with Crippen molar-refractivity contribution in [1.82, 2.24) is 14.7 Å². The van der Waals surface area contributed by atoms with Crippen molar-refractivity contribution in [3.8, 4) is 0 Å². The van der Waals surface area contributed by atoms with Gasteiger partial charge in [0.2, 0.25) is 17.7 Å². The standard InChI is InChI=1S/C18H19N3O6/c22-14-5-6-15(23)21(14)11-16(24)19-7-9-20(10-8-19)17(25)12-1-3-13(4-2-12)18(26)27/h1-4H,5-11H2,(H,26,27). The van der Waals surface area contributed by atoms with Gasteiger partial charge in [0.15, 0.2) is 0 Å². The molecule has 9 heteroatoms. The van der Waals surface area contributed by atoms with Gasteiger partial charge in [-0.25, -0.2) is 4.79 Å². The summed E-state index contributed by atoms with van der Waals surface area (Å²) < 4.78 is 0. The van der Waals surface area contributed by atoms with E-state index in [1.807, 2.05) is 0 Å². The van der Waals surface area contributed by atoms with E-state index in [2.05, 4.69) is 0 Å². The number of rotatable bonds is 4. The molecule has 2 saturated heterocycles. The van der Waals surface area contributed by atoms with Crippen LogP contribution in [0.2, 0.25) is 0 Å². The Labute approximate surface area is 155 Å². The highest BCUT2D eigenvalue weighted by Crippen LogP contribution is 2.14. The topological polar surface area (TPSA) is 115 Å². The minimum atomic E-state index is -1.06. The molecule has 0 unspecified atom stereocenters. The normalized spacial score (nSPS) is 17.4. The molecule has 1 aromatic carbocycles. The molecule has 0 spiro atoms. The molecule has 2 aliphatic heterocycles. The summed E-state index contributed by atoms with van der Waals surface area (Å²) in [5.74, 6) is -2.25. The van der Waals surface area contributed by atoms with Gasteiger partial charge < -0.3 is 14.9 Å². The summed E-state index contributed by atoms with van der Waals surface area (Å²) in [6.45, 7) is 1.03. The van der Waals surface area contributed by atoms with Crippen molar-refractivity contribution in [3.05, 3.63) is 35.4 Å². The molecule has 3 rings (SSSR count). The van der Waals surface area contributed by atoms with E-state index in [1.54, 1.807) is 4.90 Å². The van der Waals surface area contributed by atoms with Crippen LogP contribution >= 0.6 is 0 Å². The number of carbonyl (C=O) groups excluding carboxylic acids is 4. The maximum Gasteiger partial charge on any atom is 0.335 e. The molecular weight excluding hydrogens is 354 g/mol. The van der Waals surface area contributed by atoms with Gasteiger partial charge in [-0.1, -0.05) is 0 Å². The largest absolute Gasteiger partial charge is 0.478 e. The molecule has 2 fully saturated rings. The molecule has 9 nitrogen and oxygen atoms in total. The van der Waals surface area contributed by atoms with Crippen LogP contribution in [0, 0.1) is 0 Å². The molecule has 0 atom stereocenters. The smallest absolute Gasteiger partial charge is 0.335 e. The number of carboxylic acid groups (broad SMARTS) is 1. The lowest BCUT2D eigenvalue weighted by atomic mass is 10.1. The van der Waals surface area contributed by atoms with E-state index in [0.29, 0.717) is 31.7 Å². The second-order valence-corrected chi connectivity index (χ2v) is 6.43. The van der Waals surface area contributed by atoms with Gasteiger partial charge in [0.05, 0.1) is 5.56 Å². The fourth-order valence-corrected chi connectivity index (χ4v) is 3.13. The molecule has 0 saturated carbocycles. The molecule has 1 N–H and O–H groups in total. The van der Waals surface area contributed by atoms with Gasteiger partial charge in [0.25, 0.3) is 5.91 Å². The number of benzene rings is 1. The van der Waals surface area contributed by atoms with Crippen LogP contribution in [0.25, 0.3) is 0 Å². The third kappa shape index (κ3) is 3.97. The molecule has 4 amide bonds. The number of amides is 4. The number of aromatic carboxylic acids is 1. The highest BCUT2D eigenvalue weighted by molar-refractivity contribution is 6.04. The number of nitrogens with zero attached hydrogens (tertiary/aromatic N) is 3. The van der Waals surface area contributed by atoms with Crippen LogP contribution in [-0.2, 0) is 14.4 Å². The van der Waals surface area contributed by atoms with E-state index >= 15 is 0 Å². The zero-order valence-corrected chi connectivity index (χ0v) is 14.6. The van der Waals surface area contributed by atoms with Gasteiger partial charge >= 0.3 is 5.97 Å². The number of hydrogen-bond donors (Lipinski definition) is 1. The Morgan fingerprint density at radius 1 is 0.815 bits per heavy atom. The van der Waals surface area contributed by atoms with Crippen LogP contribution in [0.15, 0.2) is 24.3 Å². The first-order valence-electron chi connectivity index (χ1n) is 8.60. The molecule has 0 aromatic heterocycles. The zero-order valence-electron chi connectivity index (χ0n) is 14.6. The van der Waals surface area contributed by atoms with Crippen molar-refractivity contribution in [2.45, 2.75) is 12.8 Å². The molecule has 27 heavy (non-hydrogen) atoms. The molecule has 0 bridgehead atoms. The summed E-state index contributed by atoms with van der Waals surface area (Å²) in [6.07, 6.45) is 0.296. The number of hydrogen-bond acceptors (Lipinski definition) is 5. The fraction of sp³-hybridized carbons (Fsp3) is 0.389. The molecule has 2 heterocycles. The molecule has 0 aliphatic carbocycles. The van der Waals surface area contributed by atoms with Crippen LogP contribution in [0.1, 0.15) is 33.6 Å². The lowest BCUT2D eigenvalue weighted by Gasteiger charge is -2.35. The van der Waals surface area contributed by atoms with E-state index in [9.17, 15) is 24.0 Å². The second-order valence-electron chi connectivity index (χ2n) is 6.43. The van der Waals surface area contributed by atoms with Crippen molar-refractivity contribution in [2.75, 3.05) is 32.7 Å². The van der Waals surface area contributed by atoms with Gasteiger partial charge in [0, 0.05) is 44.6 Å². The maximum absolute atomic E-state index is 12.5. The lowest BCUT2D eigenvalue weighted by Crippen LogP contribution is -2.53. The Hall–Kier alpha value is -3.23. The van der Waals surface area contributed by atoms with Gasteiger partial charge in [0.1, 0.15) is 6.54 Å². The summed E-state index contributed by atoms with van der Waals surface area (Å²) in [4.78, 5) is 63.0. The Bertz CT molecular complexity index is 780. The highest BCUT2D eigenvalue weighted by Gasteiger charge is 2.33. The summed E-state index contributed by atoms with van der Waals surface area (Å²) >= 11 is 0. The van der Waals surface area contributed by atoms with E-state index in [4.69, 9.17) is 5.11 Å². The number of carbonyl (C=O) groups is 5. The molecular formula is C18H19N3O6. The minimum Gasteiger partial charge on any atom is -0.478 e. The predicted octanol–water partition coefficient (Wildman–Crippen LogP) is -0.182. The predicted molar refractivity (Wildman–Crippen MR) is 91.8 cm³/mol. The van der Waals surface area contributed by atoms with E-state index in [0.717, 1.165) is 4.90 Å². The Morgan fingerprint density at radius 2 is 1.30 bits per heavy atom. The Morgan fingerprint density at radius 3 is 1.81 bits per heavy atom. The quantitative estimate of drug-likeness (QED) is 0.732. The molecule has 2 aliphatic rings. The summed E-state index contributed by atoms with van der Waals surface area (Å²) in [7, 11) is 0. The van der Waals surface area contributed by atoms with Crippen LogP contribution in [0.3, 0.4) is 0 Å². The summed E-state index contributed by atoms with van der Waals surface area (Å²) in [5.41, 5.74) is 0.487. The van der Waals surface area contributed by atoms with Crippen LogP contribution in [-0.4, -0.2) is 82.1 Å². The van der Waals surface area contributed by atoms with Crippen molar-refractivity contribution in [1.29, 1.82) is 0 Å². The maximum atomic E-state index is 12.5. The molecule has 1 aromatic rings. The number of likely N-dealkylation sites (tertiary alicyclic amines) is 1. The first-order valence-corrected chi connectivity index (χ1v) is 8.60. The first-order chi connectivity index (χ1) is 12.9. The van der Waals surface area contributed by atoms with E-state index in [-0.39, 0.29) is 48.6 Å². The number of piperazine rings is 1. The van der Waals surface area contributed by atoms with Gasteiger partial charge in [-0.3, -0.25) is 24.1 Å². The third-order valence-electron chi connectivity index (χ3n) is 4.75. The second kappa shape index (κ2) is 7.56. The monoisotopic (exact) mass is 373 g/mol. The molecule has 0 radical (unpaired) electrons. The van der Waals surface area contributed by atoms with E-state index in [1.165, 1.54) is 29.2 Å². The van der Waals surface area contributed by atoms with Gasteiger partial charge in [-0.05, 0) is 24.3 Å². The Kier molecular flexibility index (Phi) is 5.20. The summed E-state index contributed by atoms with van der Waals surface area (Å²) in [5, 5.41) is 8.90. The first kappa shape index (κ1) is 18.6. The van der Waals surface area contributed by atoms with Crippen LogP contribution < -0.4 is 0 Å². The lowest BCUT2D eigenvalue weighted by molar-refractivity contribution is -0.146. The van der Waals surface area contributed by atoms with Crippen molar-refractivity contribution in [2.24, 2.45) is 0 Å². The van der Waals surface area contributed by atoms with Gasteiger partial charge in [-0.2, -0.15) is 0 Å².